The lowest BCUT2D eigenvalue weighted by molar-refractivity contribution is 0.0807. The van der Waals surface area contributed by atoms with Gasteiger partial charge in [0.05, 0.1) is 12.7 Å². The Balaban J connectivity index is 2.94. The zero-order valence-electron chi connectivity index (χ0n) is 9.43. The van der Waals surface area contributed by atoms with Gasteiger partial charge in [-0.25, -0.2) is 0 Å². The van der Waals surface area contributed by atoms with Crippen molar-refractivity contribution in [2.75, 3.05) is 20.7 Å². The molecule has 0 unspecified atom stereocenters. The van der Waals surface area contributed by atoms with Crippen LogP contribution in [-0.4, -0.2) is 31.5 Å². The minimum atomic E-state index is -0.158. The molecule has 0 saturated heterocycles. The summed E-state index contributed by atoms with van der Waals surface area (Å²) >= 11 is 0. The van der Waals surface area contributed by atoms with Crippen molar-refractivity contribution in [2.24, 2.45) is 0 Å². The molecule has 0 aliphatic carbocycles. The Labute approximate surface area is 95.0 Å². The third-order valence-corrected chi connectivity index (χ3v) is 2.20. The Morgan fingerprint density at radius 1 is 1.50 bits per heavy atom. The van der Waals surface area contributed by atoms with E-state index in [0.717, 1.165) is 5.56 Å². The van der Waals surface area contributed by atoms with E-state index in [1.54, 1.807) is 26.3 Å². The monoisotopic (exact) mass is 218 g/mol. The minimum absolute atomic E-state index is 0.0835. The summed E-state index contributed by atoms with van der Waals surface area (Å²) in [6.45, 7) is 0.475. The summed E-state index contributed by atoms with van der Waals surface area (Å²) in [7, 11) is 3.19. The second-order valence-corrected chi connectivity index (χ2v) is 3.41. The maximum atomic E-state index is 11.9. The van der Waals surface area contributed by atoms with Gasteiger partial charge in [0.2, 0.25) is 0 Å². The van der Waals surface area contributed by atoms with Crippen LogP contribution < -0.4 is 0 Å². The first-order chi connectivity index (χ1) is 7.70. The van der Waals surface area contributed by atoms with E-state index in [9.17, 15) is 4.79 Å². The fourth-order valence-electron chi connectivity index (χ4n) is 1.39. The molecule has 4 nitrogen and oxygen atoms in total. The molecule has 0 N–H and O–H groups in total. The van der Waals surface area contributed by atoms with Crippen LogP contribution in [0.5, 0.6) is 0 Å². The van der Waals surface area contributed by atoms with Gasteiger partial charge in [-0.3, -0.25) is 4.79 Å². The maximum Gasteiger partial charge on any atom is 0.254 e. The predicted octanol–water partition coefficient (Wildman–Crippen LogP) is 1.43. The van der Waals surface area contributed by atoms with E-state index in [1.165, 1.54) is 4.90 Å². The Bertz CT molecular complexity index is 410. The van der Waals surface area contributed by atoms with E-state index in [2.05, 4.69) is 0 Å². The Morgan fingerprint density at radius 2 is 2.19 bits per heavy atom. The van der Waals surface area contributed by atoms with Crippen molar-refractivity contribution in [3.63, 3.8) is 0 Å². The number of nitrogens with zero attached hydrogens (tertiary/aromatic N) is 2. The number of benzene rings is 1. The number of carbonyl (C=O) groups is 1. The van der Waals surface area contributed by atoms with Crippen molar-refractivity contribution in [3.05, 3.63) is 35.4 Å². The summed E-state index contributed by atoms with van der Waals surface area (Å²) in [6, 6.07) is 9.18. The topological polar surface area (TPSA) is 53.3 Å². The van der Waals surface area contributed by atoms with E-state index in [-0.39, 0.29) is 12.5 Å². The molecule has 1 aromatic carbocycles. The highest BCUT2D eigenvalue weighted by Crippen LogP contribution is 2.12. The molecule has 1 amide bonds. The molecule has 0 fully saturated rings. The highest BCUT2D eigenvalue weighted by atomic mass is 16.5. The zero-order valence-corrected chi connectivity index (χ0v) is 9.43. The van der Waals surface area contributed by atoms with Crippen LogP contribution in [0.3, 0.4) is 0 Å². The average molecular weight is 218 g/mol. The van der Waals surface area contributed by atoms with E-state index in [0.29, 0.717) is 12.2 Å². The zero-order chi connectivity index (χ0) is 12.0. The van der Waals surface area contributed by atoms with Gasteiger partial charge in [0, 0.05) is 19.7 Å². The minimum Gasteiger partial charge on any atom is -0.380 e. The van der Waals surface area contributed by atoms with Gasteiger partial charge in [0.1, 0.15) is 6.54 Å². The molecule has 0 spiro atoms. The number of rotatable bonds is 4. The lowest BCUT2D eigenvalue weighted by Crippen LogP contribution is -2.27. The van der Waals surface area contributed by atoms with Gasteiger partial charge in [-0.1, -0.05) is 18.2 Å². The van der Waals surface area contributed by atoms with E-state index >= 15 is 0 Å². The van der Waals surface area contributed by atoms with Gasteiger partial charge in [-0.05, 0) is 11.6 Å². The summed E-state index contributed by atoms with van der Waals surface area (Å²) in [4.78, 5) is 13.3. The van der Waals surface area contributed by atoms with Crippen LogP contribution in [0, 0.1) is 11.3 Å². The van der Waals surface area contributed by atoms with Crippen LogP contribution in [0.25, 0.3) is 0 Å². The standard InChI is InChI=1S/C12H14N2O2/c1-14(8-7-13)12(15)11-6-4-3-5-10(11)9-16-2/h3-6H,8-9H2,1-2H3. The normalized spacial score (nSPS) is 9.56. The van der Waals surface area contributed by atoms with Gasteiger partial charge in [0.15, 0.2) is 0 Å². The summed E-state index contributed by atoms with van der Waals surface area (Å²) in [6.07, 6.45) is 0. The first kappa shape index (κ1) is 12.2. The third kappa shape index (κ3) is 2.81. The molecule has 1 rings (SSSR count). The summed E-state index contributed by atoms with van der Waals surface area (Å²) in [5.41, 5.74) is 1.42. The van der Waals surface area contributed by atoms with Crippen LogP contribution in [0.1, 0.15) is 15.9 Å². The quantitative estimate of drug-likeness (QED) is 0.718. The number of nitriles is 1. The van der Waals surface area contributed by atoms with Gasteiger partial charge in [-0.2, -0.15) is 5.26 Å². The molecular formula is C12H14N2O2. The van der Waals surface area contributed by atoms with E-state index in [4.69, 9.17) is 10.00 Å². The number of amides is 1. The van der Waals surface area contributed by atoms with Crippen LogP contribution >= 0.6 is 0 Å². The molecular weight excluding hydrogens is 204 g/mol. The molecule has 0 bridgehead atoms. The largest absolute Gasteiger partial charge is 0.380 e. The molecule has 0 aliphatic heterocycles. The Hall–Kier alpha value is -1.86. The van der Waals surface area contributed by atoms with Crippen LogP contribution in [0.15, 0.2) is 24.3 Å². The lowest BCUT2D eigenvalue weighted by atomic mass is 10.1. The fourth-order valence-corrected chi connectivity index (χ4v) is 1.39. The second-order valence-electron chi connectivity index (χ2n) is 3.41. The van der Waals surface area contributed by atoms with Crippen molar-refractivity contribution >= 4 is 5.91 Å². The third-order valence-electron chi connectivity index (χ3n) is 2.20. The van der Waals surface area contributed by atoms with Crippen molar-refractivity contribution in [2.45, 2.75) is 6.61 Å². The van der Waals surface area contributed by atoms with Crippen LogP contribution in [-0.2, 0) is 11.3 Å². The summed E-state index contributed by atoms with van der Waals surface area (Å²) in [5.74, 6) is -0.158. The summed E-state index contributed by atoms with van der Waals surface area (Å²) < 4.78 is 5.02. The van der Waals surface area contributed by atoms with Crippen molar-refractivity contribution in [1.82, 2.24) is 4.90 Å². The molecule has 1 aromatic rings. The van der Waals surface area contributed by atoms with Crippen molar-refractivity contribution in [3.8, 4) is 6.07 Å². The SMILES string of the molecule is COCc1ccccc1C(=O)N(C)CC#N. The number of ether oxygens (including phenoxy) is 1. The lowest BCUT2D eigenvalue weighted by Gasteiger charge is -2.15. The van der Waals surface area contributed by atoms with E-state index in [1.807, 2.05) is 18.2 Å². The van der Waals surface area contributed by atoms with Crippen molar-refractivity contribution < 1.29 is 9.53 Å². The van der Waals surface area contributed by atoms with Gasteiger partial charge >= 0.3 is 0 Å². The second kappa shape index (κ2) is 5.89. The Morgan fingerprint density at radius 3 is 2.81 bits per heavy atom. The molecule has 84 valence electrons. The van der Waals surface area contributed by atoms with Crippen LogP contribution in [0.2, 0.25) is 0 Å². The first-order valence-electron chi connectivity index (χ1n) is 4.90. The number of hydrogen-bond acceptors (Lipinski definition) is 3. The number of hydrogen-bond donors (Lipinski definition) is 0. The molecule has 16 heavy (non-hydrogen) atoms. The molecule has 0 radical (unpaired) electrons. The summed E-state index contributed by atoms with van der Waals surface area (Å²) in [5, 5.41) is 8.54. The molecule has 0 aliphatic rings. The molecule has 0 saturated carbocycles. The molecule has 4 heteroatoms. The van der Waals surface area contributed by atoms with Gasteiger partial charge < -0.3 is 9.64 Å². The number of methoxy groups -OCH3 is 1. The van der Waals surface area contributed by atoms with E-state index < -0.39 is 0 Å². The maximum absolute atomic E-state index is 11.9. The van der Waals surface area contributed by atoms with Crippen LogP contribution in [0.4, 0.5) is 0 Å². The average Bonchev–Trinajstić information content (AvgIpc) is 2.29. The first-order valence-corrected chi connectivity index (χ1v) is 4.90. The predicted molar refractivity (Wildman–Crippen MR) is 59.7 cm³/mol. The van der Waals surface area contributed by atoms with Gasteiger partial charge in [0.25, 0.3) is 5.91 Å². The Kier molecular flexibility index (Phi) is 4.49. The fraction of sp³-hybridized carbons (Fsp3) is 0.333. The molecule has 0 aromatic heterocycles. The number of carbonyl (C=O) groups excluding carboxylic acids is 1. The van der Waals surface area contributed by atoms with Crippen molar-refractivity contribution in [1.29, 1.82) is 5.26 Å². The highest BCUT2D eigenvalue weighted by molar-refractivity contribution is 5.95. The molecule has 0 atom stereocenters. The highest BCUT2D eigenvalue weighted by Gasteiger charge is 2.14. The molecule has 0 heterocycles. The smallest absolute Gasteiger partial charge is 0.254 e. The van der Waals surface area contributed by atoms with Gasteiger partial charge in [-0.15, -0.1) is 0 Å².